The molecule has 102 valence electrons. The highest BCUT2D eigenvalue weighted by Crippen LogP contribution is 2.43. The highest BCUT2D eigenvalue weighted by atomic mass is 32.1. The Kier molecular flexibility index (Phi) is 3.01. The second-order valence-corrected chi connectivity index (χ2v) is 6.41. The third-order valence-electron chi connectivity index (χ3n) is 4.59. The topological polar surface area (TPSA) is 32.3 Å². The second-order valence-electron chi connectivity index (χ2n) is 5.69. The van der Waals surface area contributed by atoms with E-state index < -0.39 is 4.87 Å². The molecule has 1 aromatic carbocycles. The van der Waals surface area contributed by atoms with Crippen LogP contribution in [0.15, 0.2) is 24.3 Å². The number of benzene rings is 1. The molecule has 1 fully saturated rings. The number of nitrogens with zero attached hydrogens (tertiary/aromatic N) is 1. The van der Waals surface area contributed by atoms with Gasteiger partial charge in [-0.15, -0.1) is 12.6 Å². The van der Waals surface area contributed by atoms with Gasteiger partial charge in [-0.3, -0.25) is 4.79 Å². The number of para-hydroxylation sites is 1. The number of carbonyl (C=O) groups is 1. The highest BCUT2D eigenvalue weighted by molar-refractivity contribution is 7.81. The lowest BCUT2D eigenvalue weighted by Gasteiger charge is -2.50. The smallest absolute Gasteiger partial charge is 0.257 e. The van der Waals surface area contributed by atoms with Crippen LogP contribution in [0, 0.1) is 5.92 Å². The van der Waals surface area contributed by atoms with Crippen molar-refractivity contribution in [1.29, 1.82) is 0 Å². The third kappa shape index (κ3) is 1.76. The van der Waals surface area contributed by atoms with Gasteiger partial charge < -0.3 is 10.2 Å². The number of thiol groups is 1. The third-order valence-corrected chi connectivity index (χ3v) is 5.66. The normalized spacial score (nSPS) is 34.1. The van der Waals surface area contributed by atoms with E-state index in [1.54, 1.807) is 0 Å². The maximum Gasteiger partial charge on any atom is 0.257 e. The van der Waals surface area contributed by atoms with Gasteiger partial charge >= 0.3 is 0 Å². The SMILES string of the molecule is CC1CCCN2C(=O)c3ccccc3NC(C)C12S. The molecule has 3 rings (SSSR count). The molecule has 1 saturated heterocycles. The first-order valence-electron chi connectivity index (χ1n) is 6.95. The van der Waals surface area contributed by atoms with Crippen LogP contribution in [0.3, 0.4) is 0 Å². The van der Waals surface area contributed by atoms with Crippen LogP contribution in [0.1, 0.15) is 37.0 Å². The maximum atomic E-state index is 12.8. The molecule has 2 heterocycles. The number of hydrogen-bond donors (Lipinski definition) is 2. The average molecular weight is 276 g/mol. The summed E-state index contributed by atoms with van der Waals surface area (Å²) < 4.78 is 0. The summed E-state index contributed by atoms with van der Waals surface area (Å²) in [5.74, 6) is 0.486. The molecule has 2 aliphatic rings. The molecule has 1 N–H and O–H groups in total. The van der Waals surface area contributed by atoms with E-state index in [1.165, 1.54) is 0 Å². The van der Waals surface area contributed by atoms with Crippen molar-refractivity contribution in [2.24, 2.45) is 5.92 Å². The molecule has 3 unspecified atom stereocenters. The molecule has 0 saturated carbocycles. The fourth-order valence-electron chi connectivity index (χ4n) is 3.42. The minimum atomic E-state index is -0.408. The molecule has 0 radical (unpaired) electrons. The second kappa shape index (κ2) is 4.44. The first kappa shape index (κ1) is 12.9. The number of fused-ring (bicyclic) bond motifs is 2. The molecular formula is C15H20N2OS. The standard InChI is InChI=1S/C15H20N2OS/c1-10-6-5-9-17-14(18)12-7-3-4-8-13(12)16-11(2)15(10,17)19/h3-4,7-8,10-11,16,19H,5-6,9H2,1-2H3. The van der Waals surface area contributed by atoms with Gasteiger partial charge in [-0.25, -0.2) is 0 Å². The molecule has 2 aliphatic heterocycles. The zero-order chi connectivity index (χ0) is 13.6. The van der Waals surface area contributed by atoms with E-state index >= 15 is 0 Å². The molecule has 19 heavy (non-hydrogen) atoms. The molecule has 1 amide bonds. The molecule has 0 spiro atoms. The van der Waals surface area contributed by atoms with E-state index in [0.29, 0.717) is 5.92 Å². The van der Waals surface area contributed by atoms with Crippen molar-refractivity contribution in [3.63, 3.8) is 0 Å². The molecule has 3 atom stereocenters. The van der Waals surface area contributed by atoms with Gasteiger partial charge in [0.2, 0.25) is 0 Å². The first-order valence-corrected chi connectivity index (χ1v) is 7.39. The Bertz CT molecular complexity index is 519. The van der Waals surface area contributed by atoms with Gasteiger partial charge in [0, 0.05) is 12.2 Å². The van der Waals surface area contributed by atoms with Crippen molar-refractivity contribution in [2.75, 3.05) is 11.9 Å². The monoisotopic (exact) mass is 276 g/mol. The van der Waals surface area contributed by atoms with Crippen LogP contribution in [0.25, 0.3) is 0 Å². The zero-order valence-electron chi connectivity index (χ0n) is 11.4. The summed E-state index contributed by atoms with van der Waals surface area (Å²) >= 11 is 4.94. The molecule has 0 aromatic heterocycles. The Hall–Kier alpha value is -1.16. The molecule has 0 bridgehead atoms. The van der Waals surface area contributed by atoms with Gasteiger partial charge in [0.15, 0.2) is 0 Å². The quantitative estimate of drug-likeness (QED) is 0.714. The average Bonchev–Trinajstić information content (AvgIpc) is 2.48. The summed E-state index contributed by atoms with van der Waals surface area (Å²) in [6, 6.07) is 7.88. The van der Waals surface area contributed by atoms with Gasteiger partial charge in [-0.05, 0) is 37.8 Å². The Balaban J connectivity index is 2.13. The number of anilines is 1. The predicted molar refractivity (Wildman–Crippen MR) is 80.7 cm³/mol. The van der Waals surface area contributed by atoms with Crippen molar-refractivity contribution >= 4 is 24.2 Å². The number of hydrogen-bond acceptors (Lipinski definition) is 3. The molecule has 4 heteroatoms. The van der Waals surface area contributed by atoms with Crippen LogP contribution in [-0.2, 0) is 0 Å². The fraction of sp³-hybridized carbons (Fsp3) is 0.533. The van der Waals surface area contributed by atoms with Crippen molar-refractivity contribution in [3.05, 3.63) is 29.8 Å². The number of piperidine rings is 1. The molecule has 1 aromatic rings. The molecule has 0 aliphatic carbocycles. The summed E-state index contributed by atoms with van der Waals surface area (Å²) in [6.45, 7) is 5.12. The van der Waals surface area contributed by atoms with Crippen molar-refractivity contribution in [2.45, 2.75) is 37.6 Å². The van der Waals surface area contributed by atoms with Crippen LogP contribution < -0.4 is 5.32 Å². The van der Waals surface area contributed by atoms with Crippen LogP contribution in [0.5, 0.6) is 0 Å². The summed E-state index contributed by atoms with van der Waals surface area (Å²) in [7, 11) is 0. The van der Waals surface area contributed by atoms with Gasteiger partial charge in [0.25, 0.3) is 5.91 Å². The maximum absolute atomic E-state index is 12.8. The van der Waals surface area contributed by atoms with Gasteiger partial charge in [-0.1, -0.05) is 19.1 Å². The van der Waals surface area contributed by atoms with E-state index in [4.69, 9.17) is 12.6 Å². The van der Waals surface area contributed by atoms with Gasteiger partial charge in [-0.2, -0.15) is 0 Å². The van der Waals surface area contributed by atoms with E-state index in [0.717, 1.165) is 30.6 Å². The lowest BCUT2D eigenvalue weighted by molar-refractivity contribution is 0.0408. The van der Waals surface area contributed by atoms with Gasteiger partial charge in [0.1, 0.15) is 4.87 Å². The predicted octanol–water partition coefficient (Wildman–Crippen LogP) is 3.00. The van der Waals surface area contributed by atoms with Crippen LogP contribution in [-0.4, -0.2) is 28.3 Å². The molecule has 3 nitrogen and oxygen atoms in total. The lowest BCUT2D eigenvalue weighted by atomic mass is 9.85. The summed E-state index contributed by atoms with van der Waals surface area (Å²) in [4.78, 5) is 14.4. The number of carbonyl (C=O) groups excluding carboxylic acids is 1. The summed E-state index contributed by atoms with van der Waals surface area (Å²) in [5.41, 5.74) is 1.69. The van der Waals surface area contributed by atoms with Crippen molar-refractivity contribution in [3.8, 4) is 0 Å². The minimum absolute atomic E-state index is 0.106. The molecular weight excluding hydrogens is 256 g/mol. The van der Waals surface area contributed by atoms with Crippen molar-refractivity contribution < 1.29 is 4.79 Å². The minimum Gasteiger partial charge on any atom is -0.379 e. The fourth-order valence-corrected chi connectivity index (χ4v) is 3.80. The zero-order valence-corrected chi connectivity index (χ0v) is 12.3. The first-order chi connectivity index (χ1) is 9.05. The van der Waals surface area contributed by atoms with E-state index in [9.17, 15) is 4.79 Å². The Morgan fingerprint density at radius 2 is 2.11 bits per heavy atom. The number of nitrogens with one attached hydrogen (secondary N) is 1. The van der Waals surface area contributed by atoms with Crippen LogP contribution in [0.4, 0.5) is 5.69 Å². The Labute approximate surface area is 119 Å². The largest absolute Gasteiger partial charge is 0.379 e. The van der Waals surface area contributed by atoms with Gasteiger partial charge in [0.05, 0.1) is 11.6 Å². The highest BCUT2D eigenvalue weighted by Gasteiger charge is 2.49. The Morgan fingerprint density at radius 3 is 2.89 bits per heavy atom. The number of rotatable bonds is 0. The van der Waals surface area contributed by atoms with Crippen LogP contribution in [0.2, 0.25) is 0 Å². The van der Waals surface area contributed by atoms with E-state index in [1.807, 2.05) is 29.2 Å². The van der Waals surface area contributed by atoms with Crippen LogP contribution >= 0.6 is 12.6 Å². The summed E-state index contributed by atoms with van der Waals surface area (Å²) in [5, 5.41) is 3.48. The van der Waals surface area contributed by atoms with E-state index in [-0.39, 0.29) is 11.9 Å². The van der Waals surface area contributed by atoms with E-state index in [2.05, 4.69) is 19.2 Å². The number of amides is 1. The summed E-state index contributed by atoms with van der Waals surface area (Å²) in [6.07, 6.45) is 2.18. The Morgan fingerprint density at radius 1 is 1.37 bits per heavy atom. The lowest BCUT2D eigenvalue weighted by Crippen LogP contribution is -2.61. The van der Waals surface area contributed by atoms with Crippen molar-refractivity contribution in [1.82, 2.24) is 4.90 Å².